The molecule has 2 N–H and O–H groups in total. The van der Waals surface area contributed by atoms with Gasteiger partial charge in [-0.15, -0.1) is 0 Å². The van der Waals surface area contributed by atoms with Crippen molar-refractivity contribution in [2.75, 3.05) is 13.2 Å². The van der Waals surface area contributed by atoms with E-state index in [1.165, 1.54) is 19.3 Å². The van der Waals surface area contributed by atoms with Gasteiger partial charge in [0.2, 0.25) is 0 Å². The molecule has 0 fully saturated rings. The average molecular weight is 356 g/mol. The maximum atomic E-state index is 12.4. The van der Waals surface area contributed by atoms with E-state index in [1.54, 1.807) is 12.1 Å². The Hall–Kier alpha value is -3.35. The number of furan rings is 1. The van der Waals surface area contributed by atoms with Crippen molar-refractivity contribution in [1.82, 2.24) is 10.6 Å². The zero-order valence-electron chi connectivity index (χ0n) is 14.4. The molecule has 1 aromatic heterocycles. The van der Waals surface area contributed by atoms with Crippen LogP contribution in [0.1, 0.15) is 29.5 Å². The van der Waals surface area contributed by atoms with Gasteiger partial charge in [0.25, 0.3) is 11.8 Å². The van der Waals surface area contributed by atoms with Crippen molar-refractivity contribution in [2.24, 2.45) is 0 Å². The number of esters is 1. The van der Waals surface area contributed by atoms with Crippen LogP contribution in [0.3, 0.4) is 0 Å². The van der Waals surface area contributed by atoms with Gasteiger partial charge >= 0.3 is 5.97 Å². The Bertz CT molecular complexity index is 766. The molecular weight excluding hydrogens is 336 g/mol. The smallest absolute Gasteiger partial charge is 0.302 e. The maximum absolute atomic E-state index is 12.4. The number of amides is 2. The van der Waals surface area contributed by atoms with E-state index in [4.69, 9.17) is 9.15 Å². The van der Waals surface area contributed by atoms with Crippen molar-refractivity contribution >= 4 is 23.9 Å². The minimum atomic E-state index is -0.521. The van der Waals surface area contributed by atoms with Crippen molar-refractivity contribution in [2.45, 2.75) is 13.3 Å². The first-order valence-corrected chi connectivity index (χ1v) is 8.09. The van der Waals surface area contributed by atoms with E-state index in [0.717, 1.165) is 5.56 Å². The lowest BCUT2D eigenvalue weighted by Gasteiger charge is -2.10. The lowest BCUT2D eigenvalue weighted by atomic mass is 10.2. The minimum absolute atomic E-state index is 0.0880. The number of carbonyl (C=O) groups is 3. The van der Waals surface area contributed by atoms with Gasteiger partial charge in [-0.25, -0.2) is 0 Å². The first-order chi connectivity index (χ1) is 12.6. The first kappa shape index (κ1) is 19.0. The van der Waals surface area contributed by atoms with Crippen LogP contribution >= 0.6 is 0 Å². The van der Waals surface area contributed by atoms with Crippen LogP contribution in [0.4, 0.5) is 0 Å². The number of rotatable bonds is 8. The highest BCUT2D eigenvalue weighted by Gasteiger charge is 2.16. The quantitative estimate of drug-likeness (QED) is 0.429. The van der Waals surface area contributed by atoms with Crippen molar-refractivity contribution in [3.63, 3.8) is 0 Å². The molecule has 0 radical (unpaired) electrons. The van der Waals surface area contributed by atoms with Gasteiger partial charge < -0.3 is 19.8 Å². The summed E-state index contributed by atoms with van der Waals surface area (Å²) in [5.74, 6) is -1.23. The third-order valence-electron chi connectivity index (χ3n) is 3.26. The highest BCUT2D eigenvalue weighted by molar-refractivity contribution is 6.04. The summed E-state index contributed by atoms with van der Waals surface area (Å²) in [6, 6.07) is 12.2. The predicted octanol–water partition coefficient (Wildman–Crippen LogP) is 2.12. The standard InChI is InChI=1S/C19H20N2O5/c1-14(22)25-12-6-10-20-18(23)16(13-15-7-3-2-4-8-15)21-19(24)17-9-5-11-26-17/h2-5,7-9,11,13H,6,10,12H2,1H3,(H,20,23)(H,21,24)/b16-13-. The first-order valence-electron chi connectivity index (χ1n) is 8.09. The second-order valence-electron chi connectivity index (χ2n) is 5.35. The zero-order chi connectivity index (χ0) is 18.8. The van der Waals surface area contributed by atoms with Gasteiger partial charge in [0.15, 0.2) is 5.76 Å². The van der Waals surface area contributed by atoms with Gasteiger partial charge in [0.05, 0.1) is 12.9 Å². The third kappa shape index (κ3) is 6.27. The number of nitrogens with one attached hydrogen (secondary N) is 2. The van der Waals surface area contributed by atoms with Crippen LogP contribution in [0.15, 0.2) is 58.8 Å². The van der Waals surface area contributed by atoms with E-state index in [2.05, 4.69) is 10.6 Å². The molecule has 0 aliphatic carbocycles. The fourth-order valence-corrected chi connectivity index (χ4v) is 2.05. The van der Waals surface area contributed by atoms with E-state index < -0.39 is 11.8 Å². The molecule has 0 aliphatic heterocycles. The molecule has 0 bridgehead atoms. The Balaban J connectivity index is 2.02. The van der Waals surface area contributed by atoms with E-state index in [9.17, 15) is 14.4 Å². The SMILES string of the molecule is CC(=O)OCCCNC(=O)/C(=C/c1ccccc1)NC(=O)c1ccco1. The molecule has 2 rings (SSSR count). The molecule has 0 spiro atoms. The van der Waals surface area contributed by atoms with Crippen LogP contribution in [0.25, 0.3) is 6.08 Å². The number of hydrogen-bond acceptors (Lipinski definition) is 5. The predicted molar refractivity (Wildman–Crippen MR) is 94.9 cm³/mol. The van der Waals surface area contributed by atoms with Crippen molar-refractivity contribution in [3.05, 3.63) is 65.7 Å². The summed E-state index contributed by atoms with van der Waals surface area (Å²) >= 11 is 0. The maximum Gasteiger partial charge on any atom is 0.302 e. The van der Waals surface area contributed by atoms with Gasteiger partial charge in [-0.3, -0.25) is 14.4 Å². The normalized spacial score (nSPS) is 10.9. The molecule has 2 amide bonds. The molecule has 1 heterocycles. The summed E-state index contributed by atoms with van der Waals surface area (Å²) in [6.07, 6.45) is 3.42. The molecule has 2 aromatic rings. The summed E-state index contributed by atoms with van der Waals surface area (Å²) in [5.41, 5.74) is 0.849. The molecule has 0 saturated carbocycles. The molecule has 7 heteroatoms. The van der Waals surface area contributed by atoms with E-state index >= 15 is 0 Å². The molecular formula is C19H20N2O5. The van der Waals surface area contributed by atoms with Gasteiger partial charge in [-0.1, -0.05) is 30.3 Å². The topological polar surface area (TPSA) is 97.6 Å². The Labute approximate surface area is 151 Å². The van der Waals surface area contributed by atoms with Crippen molar-refractivity contribution in [3.8, 4) is 0 Å². The fraction of sp³-hybridized carbons (Fsp3) is 0.211. The number of carbonyl (C=O) groups excluding carboxylic acids is 3. The highest BCUT2D eigenvalue weighted by atomic mass is 16.5. The molecule has 26 heavy (non-hydrogen) atoms. The second-order valence-corrected chi connectivity index (χ2v) is 5.35. The van der Waals surface area contributed by atoms with Crippen LogP contribution in [-0.4, -0.2) is 30.9 Å². The van der Waals surface area contributed by atoms with Gasteiger partial charge in [-0.2, -0.15) is 0 Å². The molecule has 0 saturated heterocycles. The van der Waals surface area contributed by atoms with Crippen LogP contribution in [0.2, 0.25) is 0 Å². The summed E-state index contributed by atoms with van der Waals surface area (Å²) in [6.45, 7) is 1.84. The Morgan fingerprint density at radius 3 is 2.54 bits per heavy atom. The minimum Gasteiger partial charge on any atom is -0.466 e. The summed E-state index contributed by atoms with van der Waals surface area (Å²) in [7, 11) is 0. The third-order valence-corrected chi connectivity index (χ3v) is 3.26. The number of hydrogen-bond donors (Lipinski definition) is 2. The van der Waals surface area contributed by atoms with Crippen LogP contribution in [0, 0.1) is 0 Å². The fourth-order valence-electron chi connectivity index (χ4n) is 2.05. The Kier molecular flexibility index (Phi) is 7.17. The molecule has 0 atom stereocenters. The highest BCUT2D eigenvalue weighted by Crippen LogP contribution is 2.07. The number of benzene rings is 1. The monoisotopic (exact) mass is 356 g/mol. The summed E-state index contributed by atoms with van der Waals surface area (Å²) in [5, 5.41) is 5.24. The largest absolute Gasteiger partial charge is 0.466 e. The molecule has 0 aliphatic rings. The van der Waals surface area contributed by atoms with Crippen LogP contribution < -0.4 is 10.6 Å². The number of ether oxygens (including phenoxy) is 1. The van der Waals surface area contributed by atoms with Crippen LogP contribution in [0.5, 0.6) is 0 Å². The molecule has 0 unspecified atom stereocenters. The molecule has 1 aromatic carbocycles. The molecule has 7 nitrogen and oxygen atoms in total. The lowest BCUT2D eigenvalue weighted by molar-refractivity contribution is -0.140. The second kappa shape index (κ2) is 9.83. The van der Waals surface area contributed by atoms with Crippen molar-refractivity contribution < 1.29 is 23.5 Å². The van der Waals surface area contributed by atoms with Gasteiger partial charge in [0.1, 0.15) is 5.70 Å². The van der Waals surface area contributed by atoms with Crippen LogP contribution in [-0.2, 0) is 14.3 Å². The summed E-state index contributed by atoms with van der Waals surface area (Å²) < 4.78 is 9.85. The van der Waals surface area contributed by atoms with Crippen molar-refractivity contribution in [1.29, 1.82) is 0 Å². The van der Waals surface area contributed by atoms with Gasteiger partial charge in [0, 0.05) is 13.5 Å². The Morgan fingerprint density at radius 1 is 1.12 bits per heavy atom. The Morgan fingerprint density at radius 2 is 1.88 bits per heavy atom. The lowest BCUT2D eigenvalue weighted by Crippen LogP contribution is -2.35. The van der Waals surface area contributed by atoms with E-state index in [-0.39, 0.29) is 24.0 Å². The average Bonchev–Trinajstić information content (AvgIpc) is 3.16. The molecule has 136 valence electrons. The van der Waals surface area contributed by atoms with Gasteiger partial charge in [-0.05, 0) is 30.2 Å². The van der Waals surface area contributed by atoms with E-state index in [0.29, 0.717) is 13.0 Å². The zero-order valence-corrected chi connectivity index (χ0v) is 14.4. The summed E-state index contributed by atoms with van der Waals surface area (Å²) in [4.78, 5) is 35.3. The van der Waals surface area contributed by atoms with E-state index in [1.807, 2.05) is 30.3 Å².